The standard InChI is InChI=1S/C28H46O5/c1-6-7-8-9-10-13-23(29)33-22-16-20-19(3)17-31-27(4)14-11-12-18(2)15-21-25(28(22,5)30)24(20)26(27)32-21/h19-22,24-26,30H,2,6-17H2,1,3-5H3/t19?,20-,21-,22?,24?,25?,26-,27-,28-/m0/s1. The summed E-state index contributed by atoms with van der Waals surface area (Å²) in [5.74, 6) is 0.598. The van der Waals surface area contributed by atoms with Crippen LogP contribution in [0.1, 0.15) is 98.3 Å². The molecule has 3 aliphatic heterocycles. The highest BCUT2D eigenvalue weighted by Gasteiger charge is 2.66. The predicted molar refractivity (Wildman–Crippen MR) is 129 cm³/mol. The molecule has 5 heteroatoms. The number of aliphatic hydroxyl groups is 1. The zero-order chi connectivity index (χ0) is 23.8. The second kappa shape index (κ2) is 9.99. The molecule has 4 unspecified atom stereocenters. The van der Waals surface area contributed by atoms with Gasteiger partial charge in [0, 0.05) is 12.3 Å². The largest absolute Gasteiger partial charge is 0.459 e. The van der Waals surface area contributed by atoms with E-state index in [9.17, 15) is 9.90 Å². The number of hydrogen-bond donors (Lipinski definition) is 1. The molecule has 3 saturated heterocycles. The summed E-state index contributed by atoms with van der Waals surface area (Å²) in [6.45, 7) is 13.5. The molecule has 2 bridgehead atoms. The van der Waals surface area contributed by atoms with Gasteiger partial charge in [0.25, 0.3) is 0 Å². The Morgan fingerprint density at radius 3 is 2.76 bits per heavy atom. The summed E-state index contributed by atoms with van der Waals surface area (Å²) in [6, 6.07) is 0. The minimum absolute atomic E-state index is 0.0324. The van der Waals surface area contributed by atoms with E-state index in [1.165, 1.54) is 18.4 Å². The minimum atomic E-state index is -1.12. The highest BCUT2D eigenvalue weighted by Crippen LogP contribution is 2.59. The average molecular weight is 463 g/mol. The Morgan fingerprint density at radius 2 is 2.00 bits per heavy atom. The minimum Gasteiger partial charge on any atom is -0.459 e. The van der Waals surface area contributed by atoms with E-state index in [4.69, 9.17) is 14.2 Å². The van der Waals surface area contributed by atoms with Crippen LogP contribution in [0, 0.1) is 23.7 Å². The lowest BCUT2D eigenvalue weighted by molar-refractivity contribution is -0.195. The van der Waals surface area contributed by atoms with Crippen molar-refractivity contribution in [2.75, 3.05) is 6.61 Å². The van der Waals surface area contributed by atoms with Crippen LogP contribution in [-0.2, 0) is 19.0 Å². The van der Waals surface area contributed by atoms with E-state index < -0.39 is 11.7 Å². The summed E-state index contributed by atoms with van der Waals surface area (Å²) in [5.41, 5.74) is -0.277. The molecule has 4 fully saturated rings. The Morgan fingerprint density at radius 1 is 1.24 bits per heavy atom. The molecule has 0 aromatic rings. The smallest absolute Gasteiger partial charge is 0.306 e. The maximum absolute atomic E-state index is 12.8. The monoisotopic (exact) mass is 462 g/mol. The summed E-state index contributed by atoms with van der Waals surface area (Å²) < 4.78 is 19.4. The van der Waals surface area contributed by atoms with Gasteiger partial charge in [-0.05, 0) is 70.1 Å². The third-order valence-corrected chi connectivity index (χ3v) is 9.25. The van der Waals surface area contributed by atoms with Crippen LogP contribution in [0.2, 0.25) is 0 Å². The van der Waals surface area contributed by atoms with Crippen LogP contribution in [0.3, 0.4) is 0 Å². The van der Waals surface area contributed by atoms with Gasteiger partial charge in [0.1, 0.15) is 11.7 Å². The molecule has 0 spiro atoms. The van der Waals surface area contributed by atoms with Gasteiger partial charge in [-0.3, -0.25) is 4.79 Å². The molecule has 1 aliphatic carbocycles. The van der Waals surface area contributed by atoms with Crippen molar-refractivity contribution in [2.45, 2.75) is 128 Å². The molecule has 1 N–H and O–H groups in total. The van der Waals surface area contributed by atoms with Crippen LogP contribution in [0.4, 0.5) is 0 Å². The van der Waals surface area contributed by atoms with E-state index in [-0.39, 0.29) is 35.6 Å². The number of rotatable bonds is 7. The number of esters is 1. The number of unbranched alkanes of at least 4 members (excludes halogenated alkanes) is 4. The van der Waals surface area contributed by atoms with E-state index in [0.29, 0.717) is 31.3 Å². The maximum atomic E-state index is 12.8. The topological polar surface area (TPSA) is 65.0 Å². The normalized spacial score (nSPS) is 45.0. The molecule has 0 aromatic carbocycles. The maximum Gasteiger partial charge on any atom is 0.306 e. The van der Waals surface area contributed by atoms with Crippen LogP contribution in [0.5, 0.6) is 0 Å². The molecule has 4 aliphatic rings. The van der Waals surface area contributed by atoms with Crippen molar-refractivity contribution in [3.63, 3.8) is 0 Å². The van der Waals surface area contributed by atoms with Gasteiger partial charge in [0.05, 0.1) is 24.4 Å². The number of carbonyl (C=O) groups is 1. The van der Waals surface area contributed by atoms with Gasteiger partial charge in [-0.15, -0.1) is 0 Å². The number of hydrogen-bond acceptors (Lipinski definition) is 5. The molecule has 5 nitrogen and oxygen atoms in total. The van der Waals surface area contributed by atoms with Gasteiger partial charge < -0.3 is 19.3 Å². The van der Waals surface area contributed by atoms with E-state index in [0.717, 1.165) is 44.9 Å². The lowest BCUT2D eigenvalue weighted by Gasteiger charge is -2.51. The molecular weight excluding hydrogens is 416 g/mol. The molecular formula is C28H46O5. The Kier molecular flexibility index (Phi) is 7.62. The number of carbonyl (C=O) groups excluding carboxylic acids is 1. The van der Waals surface area contributed by atoms with E-state index >= 15 is 0 Å². The first-order chi connectivity index (χ1) is 15.7. The first-order valence-electron chi connectivity index (χ1n) is 13.5. The van der Waals surface area contributed by atoms with Crippen LogP contribution in [0.15, 0.2) is 12.2 Å². The van der Waals surface area contributed by atoms with Crippen molar-refractivity contribution < 1.29 is 24.1 Å². The lowest BCUT2D eigenvalue weighted by atomic mass is 9.57. The number of fused-ring (bicyclic) bond motifs is 2. The zero-order valence-electron chi connectivity index (χ0n) is 21.3. The van der Waals surface area contributed by atoms with Gasteiger partial charge in [-0.1, -0.05) is 51.7 Å². The summed E-state index contributed by atoms with van der Waals surface area (Å²) in [6.07, 6.45) is 9.72. The molecule has 9 atom stereocenters. The quantitative estimate of drug-likeness (QED) is 0.304. The molecule has 0 amide bonds. The first kappa shape index (κ1) is 25.2. The third-order valence-electron chi connectivity index (χ3n) is 9.25. The second-order valence-electron chi connectivity index (χ2n) is 11.9. The van der Waals surface area contributed by atoms with Crippen molar-refractivity contribution >= 4 is 5.97 Å². The molecule has 0 radical (unpaired) electrons. The van der Waals surface area contributed by atoms with Crippen molar-refractivity contribution in [3.05, 3.63) is 12.2 Å². The summed E-state index contributed by atoms with van der Waals surface area (Å²) >= 11 is 0. The molecule has 188 valence electrons. The molecule has 3 heterocycles. The van der Waals surface area contributed by atoms with Crippen LogP contribution in [0.25, 0.3) is 0 Å². The fourth-order valence-electron chi connectivity index (χ4n) is 7.33. The van der Waals surface area contributed by atoms with Crippen LogP contribution < -0.4 is 0 Å². The van der Waals surface area contributed by atoms with Crippen LogP contribution >= 0.6 is 0 Å². The fraction of sp³-hybridized carbons (Fsp3) is 0.893. The fourth-order valence-corrected chi connectivity index (χ4v) is 7.33. The third kappa shape index (κ3) is 4.92. The van der Waals surface area contributed by atoms with Crippen molar-refractivity contribution in [1.82, 2.24) is 0 Å². The highest BCUT2D eigenvalue weighted by atomic mass is 16.6. The predicted octanol–water partition coefficient (Wildman–Crippen LogP) is 5.58. The van der Waals surface area contributed by atoms with Gasteiger partial charge >= 0.3 is 5.97 Å². The Balaban J connectivity index is 1.56. The summed E-state index contributed by atoms with van der Waals surface area (Å²) in [5, 5.41) is 11.9. The van der Waals surface area contributed by atoms with E-state index in [2.05, 4.69) is 27.4 Å². The Bertz CT molecular complexity index is 717. The van der Waals surface area contributed by atoms with E-state index in [1.54, 1.807) is 0 Å². The SMILES string of the molecule is C=C1CCC[C@]2(C)OCC(C)[C@@H]3CC(OC(=O)CCCCCCC)[C@](C)(O)C4C3[C@@H]2O[C@H]4C1. The Labute approximate surface area is 200 Å². The average Bonchev–Trinajstić information content (AvgIpc) is 3.12. The van der Waals surface area contributed by atoms with Gasteiger partial charge in [0.15, 0.2) is 0 Å². The molecule has 0 aromatic heterocycles. The van der Waals surface area contributed by atoms with E-state index in [1.807, 2.05) is 6.92 Å². The summed E-state index contributed by atoms with van der Waals surface area (Å²) in [7, 11) is 0. The Hall–Kier alpha value is -0.910. The lowest BCUT2D eigenvalue weighted by Crippen LogP contribution is -2.60. The molecule has 1 saturated carbocycles. The summed E-state index contributed by atoms with van der Waals surface area (Å²) in [4.78, 5) is 12.8. The van der Waals surface area contributed by atoms with Crippen LogP contribution in [-0.4, -0.2) is 47.2 Å². The molecule has 4 rings (SSSR count). The van der Waals surface area contributed by atoms with Crippen molar-refractivity contribution in [2.24, 2.45) is 23.7 Å². The first-order valence-corrected chi connectivity index (χ1v) is 13.5. The second-order valence-corrected chi connectivity index (χ2v) is 11.9. The van der Waals surface area contributed by atoms with Gasteiger partial charge in [-0.2, -0.15) is 0 Å². The van der Waals surface area contributed by atoms with Crippen molar-refractivity contribution in [1.29, 1.82) is 0 Å². The van der Waals surface area contributed by atoms with Crippen molar-refractivity contribution in [3.8, 4) is 0 Å². The van der Waals surface area contributed by atoms with Gasteiger partial charge in [-0.25, -0.2) is 0 Å². The zero-order valence-corrected chi connectivity index (χ0v) is 21.3. The number of ether oxygens (including phenoxy) is 3. The molecule has 33 heavy (non-hydrogen) atoms. The van der Waals surface area contributed by atoms with Gasteiger partial charge in [0.2, 0.25) is 0 Å². The highest BCUT2D eigenvalue weighted by molar-refractivity contribution is 5.69.